The number of carbonyl (C=O) groups is 2. The first-order chi connectivity index (χ1) is 10.3. The third-order valence-corrected chi connectivity index (χ3v) is 3.68. The highest BCUT2D eigenvalue weighted by molar-refractivity contribution is 5.81. The highest BCUT2D eigenvalue weighted by Crippen LogP contribution is 2.29. The molecule has 1 aromatic rings. The zero-order valence-corrected chi connectivity index (χ0v) is 11.9. The van der Waals surface area contributed by atoms with E-state index in [0.29, 0.717) is 17.5 Å². The number of alkyl halides is 3. The van der Waals surface area contributed by atoms with Crippen molar-refractivity contribution in [2.45, 2.75) is 37.5 Å². The maximum absolute atomic E-state index is 13.0. The number of amides is 2. The molecule has 0 bridgehead atoms. The summed E-state index contributed by atoms with van der Waals surface area (Å²) in [7, 11) is 1.58. The summed E-state index contributed by atoms with van der Waals surface area (Å²) in [4.78, 5) is 28.1. The van der Waals surface area contributed by atoms with E-state index in [4.69, 9.17) is 0 Å². The molecule has 1 fully saturated rings. The van der Waals surface area contributed by atoms with E-state index in [0.717, 1.165) is 12.7 Å². The first kappa shape index (κ1) is 16.2. The molecule has 0 spiro atoms. The van der Waals surface area contributed by atoms with Crippen molar-refractivity contribution in [1.82, 2.24) is 25.0 Å². The van der Waals surface area contributed by atoms with Gasteiger partial charge in [0.25, 0.3) is 0 Å². The molecule has 1 saturated heterocycles. The Balaban J connectivity index is 1.90. The van der Waals surface area contributed by atoms with Crippen LogP contribution >= 0.6 is 0 Å². The summed E-state index contributed by atoms with van der Waals surface area (Å²) in [6.07, 6.45) is -1.72. The molecule has 2 atom stereocenters. The van der Waals surface area contributed by atoms with E-state index in [1.165, 1.54) is 4.90 Å². The van der Waals surface area contributed by atoms with E-state index in [9.17, 15) is 22.8 Å². The van der Waals surface area contributed by atoms with Gasteiger partial charge in [0, 0.05) is 32.5 Å². The van der Waals surface area contributed by atoms with Crippen LogP contribution in [-0.4, -0.2) is 57.3 Å². The number of hydrogen-bond acceptors (Lipinski definition) is 4. The number of carbonyl (C=O) groups excluding carboxylic acids is 2. The summed E-state index contributed by atoms with van der Waals surface area (Å²) < 4.78 is 39.5. The predicted molar refractivity (Wildman–Crippen MR) is 68.5 cm³/mol. The molecule has 2 rings (SSSR count). The number of rotatable bonds is 5. The van der Waals surface area contributed by atoms with Crippen molar-refractivity contribution in [3.05, 3.63) is 12.7 Å². The summed E-state index contributed by atoms with van der Waals surface area (Å²) >= 11 is 0. The summed E-state index contributed by atoms with van der Waals surface area (Å²) in [6.45, 7) is -0.629. The van der Waals surface area contributed by atoms with Crippen LogP contribution in [0.1, 0.15) is 25.3 Å². The lowest BCUT2D eigenvalue weighted by Crippen LogP contribution is -2.40. The van der Waals surface area contributed by atoms with Crippen molar-refractivity contribution >= 4 is 11.8 Å². The average molecular weight is 319 g/mol. The van der Waals surface area contributed by atoms with Gasteiger partial charge in [-0.15, -0.1) is 0 Å². The van der Waals surface area contributed by atoms with Crippen LogP contribution in [0.4, 0.5) is 13.2 Å². The molecule has 10 heteroatoms. The van der Waals surface area contributed by atoms with E-state index in [1.807, 2.05) is 0 Å². The van der Waals surface area contributed by atoms with Crippen LogP contribution in [0.2, 0.25) is 0 Å². The smallest absolute Gasteiger partial charge is 0.354 e. The van der Waals surface area contributed by atoms with Crippen LogP contribution in [0.15, 0.2) is 12.7 Å². The van der Waals surface area contributed by atoms with Crippen LogP contribution in [0.5, 0.6) is 0 Å². The molecule has 1 aliphatic heterocycles. The maximum Gasteiger partial charge on any atom is 0.412 e. The third-order valence-electron chi connectivity index (χ3n) is 3.68. The van der Waals surface area contributed by atoms with Crippen molar-refractivity contribution in [2.24, 2.45) is 0 Å². The fourth-order valence-electron chi connectivity index (χ4n) is 2.34. The van der Waals surface area contributed by atoms with E-state index >= 15 is 0 Å². The first-order valence-electron chi connectivity index (χ1n) is 6.72. The minimum Gasteiger partial charge on any atom is -0.354 e. The van der Waals surface area contributed by atoms with Crippen LogP contribution in [-0.2, 0) is 9.59 Å². The Morgan fingerprint density at radius 2 is 2.27 bits per heavy atom. The predicted octanol–water partition coefficient (Wildman–Crippen LogP) is 0.509. The Morgan fingerprint density at radius 1 is 1.55 bits per heavy atom. The second-order valence-electron chi connectivity index (χ2n) is 5.14. The summed E-state index contributed by atoms with van der Waals surface area (Å²) in [5.74, 6) is -0.588. The minimum atomic E-state index is -4.55. The number of likely N-dealkylation sites (tertiary alicyclic amines) is 1. The lowest BCUT2D eigenvalue weighted by atomic mass is 10.1. The second kappa shape index (κ2) is 6.32. The topological polar surface area (TPSA) is 80.1 Å². The van der Waals surface area contributed by atoms with Crippen LogP contribution in [0.3, 0.4) is 0 Å². The van der Waals surface area contributed by atoms with Crippen LogP contribution in [0.25, 0.3) is 0 Å². The quantitative estimate of drug-likeness (QED) is 0.857. The fourth-order valence-corrected chi connectivity index (χ4v) is 2.34. The molecular formula is C12H16F3N5O2. The zero-order chi connectivity index (χ0) is 16.3. The number of halogens is 3. The Kier molecular flexibility index (Phi) is 4.67. The number of nitrogens with one attached hydrogen (secondary N) is 1. The number of nitrogens with zero attached hydrogens (tertiary/aromatic N) is 4. The van der Waals surface area contributed by atoms with E-state index in [2.05, 4.69) is 15.4 Å². The molecule has 0 saturated carbocycles. The van der Waals surface area contributed by atoms with Crippen molar-refractivity contribution in [3.63, 3.8) is 0 Å². The molecule has 122 valence electrons. The lowest BCUT2D eigenvalue weighted by molar-refractivity contribution is -0.169. The Labute approximate surface area is 124 Å². The van der Waals surface area contributed by atoms with Gasteiger partial charge in [-0.25, -0.2) is 9.67 Å². The maximum atomic E-state index is 13.0. The van der Waals surface area contributed by atoms with E-state index < -0.39 is 24.7 Å². The van der Waals surface area contributed by atoms with Gasteiger partial charge in [0.05, 0.1) is 0 Å². The van der Waals surface area contributed by atoms with E-state index in [-0.39, 0.29) is 18.4 Å². The normalized spacial score (nSPS) is 20.3. The molecular weight excluding hydrogens is 303 g/mol. The van der Waals surface area contributed by atoms with Gasteiger partial charge >= 0.3 is 6.18 Å². The lowest BCUT2D eigenvalue weighted by Gasteiger charge is -2.22. The SMILES string of the molecule is CN1C(=O)CCC1CC(=O)NCC(n1cncn1)C(F)(F)F. The molecule has 1 aromatic heterocycles. The van der Waals surface area contributed by atoms with Crippen molar-refractivity contribution < 1.29 is 22.8 Å². The summed E-state index contributed by atoms with van der Waals surface area (Å²) in [5.41, 5.74) is 0. The second-order valence-corrected chi connectivity index (χ2v) is 5.14. The third kappa shape index (κ3) is 3.74. The molecule has 2 unspecified atom stereocenters. The Hall–Kier alpha value is -2.13. The minimum absolute atomic E-state index is 0.00975. The fraction of sp³-hybridized carbons (Fsp3) is 0.667. The van der Waals surface area contributed by atoms with Crippen LogP contribution < -0.4 is 5.32 Å². The summed E-state index contributed by atoms with van der Waals surface area (Å²) in [6, 6.07) is -2.23. The molecule has 2 heterocycles. The van der Waals surface area contributed by atoms with Gasteiger partial charge in [0.1, 0.15) is 12.7 Å². The number of aromatic nitrogens is 3. The van der Waals surface area contributed by atoms with Gasteiger partial charge in [-0.3, -0.25) is 9.59 Å². The van der Waals surface area contributed by atoms with Gasteiger partial charge in [-0.05, 0) is 6.42 Å². The van der Waals surface area contributed by atoms with Gasteiger partial charge < -0.3 is 10.2 Å². The van der Waals surface area contributed by atoms with Crippen molar-refractivity contribution in [1.29, 1.82) is 0 Å². The Bertz CT molecular complexity index is 531. The van der Waals surface area contributed by atoms with Crippen molar-refractivity contribution in [2.75, 3.05) is 13.6 Å². The standard InChI is InChI=1S/C12H16F3N5O2/c1-19-8(2-3-11(19)22)4-10(21)17-5-9(12(13,14)15)20-7-16-6-18-20/h6-9H,2-5H2,1H3,(H,17,21). The first-order valence-corrected chi connectivity index (χ1v) is 6.72. The Morgan fingerprint density at radius 3 is 2.77 bits per heavy atom. The van der Waals surface area contributed by atoms with E-state index in [1.54, 1.807) is 7.05 Å². The highest BCUT2D eigenvalue weighted by Gasteiger charge is 2.42. The molecule has 22 heavy (non-hydrogen) atoms. The van der Waals surface area contributed by atoms with Gasteiger partial charge in [0.15, 0.2) is 6.04 Å². The molecule has 1 N–H and O–H groups in total. The largest absolute Gasteiger partial charge is 0.412 e. The number of hydrogen-bond donors (Lipinski definition) is 1. The monoisotopic (exact) mass is 319 g/mol. The average Bonchev–Trinajstić information content (AvgIpc) is 3.03. The molecule has 7 nitrogen and oxygen atoms in total. The highest BCUT2D eigenvalue weighted by atomic mass is 19.4. The van der Waals surface area contributed by atoms with Gasteiger partial charge in [-0.2, -0.15) is 18.3 Å². The summed E-state index contributed by atoms with van der Waals surface area (Å²) in [5, 5.41) is 5.72. The van der Waals surface area contributed by atoms with Crippen LogP contribution in [0, 0.1) is 0 Å². The molecule has 2 amide bonds. The molecule has 0 aromatic carbocycles. The molecule has 1 aliphatic rings. The van der Waals surface area contributed by atoms with Gasteiger partial charge in [0.2, 0.25) is 11.8 Å². The van der Waals surface area contributed by atoms with Gasteiger partial charge in [-0.1, -0.05) is 0 Å². The molecule has 0 radical (unpaired) electrons. The zero-order valence-electron chi connectivity index (χ0n) is 11.9. The molecule has 0 aliphatic carbocycles. The van der Waals surface area contributed by atoms with Crippen molar-refractivity contribution in [3.8, 4) is 0 Å².